The summed E-state index contributed by atoms with van der Waals surface area (Å²) in [4.78, 5) is 3.99. The summed E-state index contributed by atoms with van der Waals surface area (Å²) in [6.45, 7) is 3.76. The molecule has 0 aliphatic heterocycles. The second kappa shape index (κ2) is 2.33. The lowest BCUT2D eigenvalue weighted by Gasteiger charge is -2.03. The Morgan fingerprint density at radius 2 is 2.10 bits per heavy atom. The van der Waals surface area contributed by atoms with E-state index >= 15 is 0 Å². The number of nitrogens with two attached hydrogens (primary N) is 1. The zero-order valence-electron chi connectivity index (χ0n) is 6.18. The summed E-state index contributed by atoms with van der Waals surface area (Å²) < 4.78 is 0. The van der Waals surface area contributed by atoms with Gasteiger partial charge in [0.1, 0.15) is 7.85 Å². The van der Waals surface area contributed by atoms with E-state index in [1.165, 1.54) is 0 Å². The molecule has 0 bridgehead atoms. The molecule has 2 nitrogen and oxygen atoms in total. The van der Waals surface area contributed by atoms with Crippen molar-refractivity contribution < 1.29 is 0 Å². The number of rotatable bonds is 0. The number of aromatic nitrogens is 1. The number of hydrogen-bond donors (Lipinski definition) is 1. The summed E-state index contributed by atoms with van der Waals surface area (Å²) in [6, 6.07) is 1.77. The van der Waals surface area contributed by atoms with E-state index in [1.807, 2.05) is 13.8 Å². The smallest absolute Gasteiger partial charge is 0.141 e. The SMILES string of the molecule is [B]c1cc(C)c(N)c(C)n1. The van der Waals surface area contributed by atoms with Crippen LogP contribution in [0.1, 0.15) is 11.3 Å². The number of aryl methyl sites for hydroxylation is 2. The number of nitrogen functional groups attached to an aromatic ring is 1. The molecule has 0 aromatic carbocycles. The maximum Gasteiger partial charge on any atom is 0.141 e. The van der Waals surface area contributed by atoms with Gasteiger partial charge in [-0.05, 0) is 31.1 Å². The first-order chi connectivity index (χ1) is 4.61. The highest BCUT2D eigenvalue weighted by Gasteiger charge is 1.98. The van der Waals surface area contributed by atoms with Crippen molar-refractivity contribution in [3.63, 3.8) is 0 Å². The summed E-state index contributed by atoms with van der Waals surface area (Å²) >= 11 is 0. The van der Waals surface area contributed by atoms with E-state index in [-0.39, 0.29) is 0 Å². The Morgan fingerprint density at radius 3 is 2.60 bits per heavy atom. The Hall–Kier alpha value is -0.985. The molecule has 0 aliphatic carbocycles. The molecule has 10 heavy (non-hydrogen) atoms. The third kappa shape index (κ3) is 1.13. The summed E-state index contributed by atoms with van der Waals surface area (Å²) in [5.41, 5.74) is 8.69. The van der Waals surface area contributed by atoms with Crippen molar-refractivity contribution in [2.45, 2.75) is 13.8 Å². The lowest BCUT2D eigenvalue weighted by atomic mass is 10.0. The van der Waals surface area contributed by atoms with E-state index in [9.17, 15) is 0 Å². The Kier molecular flexibility index (Phi) is 1.66. The Labute approximate surface area is 61.9 Å². The molecular formula is C7H9BN2. The lowest BCUT2D eigenvalue weighted by Crippen LogP contribution is -2.12. The third-order valence-electron chi connectivity index (χ3n) is 1.48. The molecule has 0 unspecified atom stereocenters. The quantitative estimate of drug-likeness (QED) is 0.507. The van der Waals surface area contributed by atoms with Gasteiger partial charge in [-0.3, -0.25) is 4.98 Å². The lowest BCUT2D eigenvalue weighted by molar-refractivity contribution is 1.22. The van der Waals surface area contributed by atoms with Gasteiger partial charge in [-0.2, -0.15) is 0 Å². The maximum atomic E-state index is 5.63. The third-order valence-corrected chi connectivity index (χ3v) is 1.48. The van der Waals surface area contributed by atoms with Crippen LogP contribution in [0.15, 0.2) is 6.07 Å². The highest BCUT2D eigenvalue weighted by Crippen LogP contribution is 2.09. The van der Waals surface area contributed by atoms with E-state index in [4.69, 9.17) is 13.6 Å². The van der Waals surface area contributed by atoms with Gasteiger partial charge in [-0.25, -0.2) is 0 Å². The standard InChI is InChI=1S/C7H9BN2/c1-4-3-6(8)10-5(2)7(4)9/h3H,9H2,1-2H3. The van der Waals surface area contributed by atoms with E-state index in [0.717, 1.165) is 16.9 Å². The van der Waals surface area contributed by atoms with Crippen molar-refractivity contribution in [2.24, 2.45) is 0 Å². The van der Waals surface area contributed by atoms with E-state index in [2.05, 4.69) is 4.98 Å². The van der Waals surface area contributed by atoms with Crippen LogP contribution in [0.25, 0.3) is 0 Å². The molecule has 0 atom stereocenters. The molecule has 3 heteroatoms. The highest BCUT2D eigenvalue weighted by atomic mass is 14.7. The van der Waals surface area contributed by atoms with Crippen LogP contribution in [0, 0.1) is 13.8 Å². The molecule has 0 amide bonds. The first-order valence-electron chi connectivity index (χ1n) is 3.10. The van der Waals surface area contributed by atoms with Crippen LogP contribution in [0.3, 0.4) is 0 Å². The van der Waals surface area contributed by atoms with Crippen LogP contribution in [-0.4, -0.2) is 12.8 Å². The van der Waals surface area contributed by atoms with Gasteiger partial charge in [0.25, 0.3) is 0 Å². The first-order valence-corrected chi connectivity index (χ1v) is 3.10. The van der Waals surface area contributed by atoms with Crippen molar-refractivity contribution in [2.75, 3.05) is 5.73 Å². The molecule has 1 aromatic heterocycles. The van der Waals surface area contributed by atoms with E-state index < -0.39 is 0 Å². The van der Waals surface area contributed by atoms with Gasteiger partial charge in [0.2, 0.25) is 0 Å². The Balaban J connectivity index is 3.31. The molecule has 2 N–H and O–H groups in total. The van der Waals surface area contributed by atoms with E-state index in [0.29, 0.717) is 5.59 Å². The Bertz CT molecular complexity index is 235. The summed E-state index contributed by atoms with van der Waals surface area (Å²) in [5, 5.41) is 0. The van der Waals surface area contributed by atoms with Crippen molar-refractivity contribution in [3.8, 4) is 0 Å². The predicted octanol–water partition coefficient (Wildman–Crippen LogP) is 0.0744. The molecule has 0 saturated carbocycles. The largest absolute Gasteiger partial charge is 0.397 e. The van der Waals surface area contributed by atoms with Crippen LogP contribution in [0.5, 0.6) is 0 Å². The second-order valence-electron chi connectivity index (χ2n) is 2.36. The second-order valence-corrected chi connectivity index (χ2v) is 2.36. The molecule has 0 saturated heterocycles. The molecular weight excluding hydrogens is 123 g/mol. The van der Waals surface area contributed by atoms with Crippen LogP contribution in [-0.2, 0) is 0 Å². The van der Waals surface area contributed by atoms with Gasteiger partial charge < -0.3 is 5.73 Å². The fraction of sp³-hybridized carbons (Fsp3) is 0.286. The normalized spacial score (nSPS) is 9.80. The molecule has 0 fully saturated rings. The maximum absolute atomic E-state index is 5.63. The fourth-order valence-electron chi connectivity index (χ4n) is 0.871. The minimum atomic E-state index is 0.532. The number of anilines is 1. The molecule has 0 spiro atoms. The van der Waals surface area contributed by atoms with Gasteiger partial charge in [0.15, 0.2) is 0 Å². The number of nitrogens with zero attached hydrogens (tertiary/aromatic N) is 1. The minimum absolute atomic E-state index is 0.532. The van der Waals surface area contributed by atoms with Gasteiger partial charge in [0, 0.05) is 0 Å². The summed E-state index contributed by atoms with van der Waals surface area (Å²) in [5.74, 6) is 0. The van der Waals surface area contributed by atoms with Crippen molar-refractivity contribution in [3.05, 3.63) is 17.3 Å². The van der Waals surface area contributed by atoms with Crippen LogP contribution < -0.4 is 11.3 Å². The highest BCUT2D eigenvalue weighted by molar-refractivity contribution is 6.30. The van der Waals surface area contributed by atoms with Crippen LogP contribution in [0.2, 0.25) is 0 Å². The average Bonchev–Trinajstić information content (AvgIpc) is 1.82. The predicted molar refractivity (Wildman–Crippen MR) is 43.5 cm³/mol. The average molecular weight is 132 g/mol. The molecule has 50 valence electrons. The van der Waals surface area contributed by atoms with Crippen LogP contribution >= 0.6 is 0 Å². The zero-order chi connectivity index (χ0) is 7.72. The minimum Gasteiger partial charge on any atom is -0.397 e. The van der Waals surface area contributed by atoms with Gasteiger partial charge in [-0.1, -0.05) is 0 Å². The van der Waals surface area contributed by atoms with E-state index in [1.54, 1.807) is 6.07 Å². The molecule has 0 aliphatic rings. The van der Waals surface area contributed by atoms with Crippen molar-refractivity contribution in [1.29, 1.82) is 0 Å². The fourth-order valence-corrected chi connectivity index (χ4v) is 0.871. The number of pyridine rings is 1. The summed E-state index contributed by atoms with van der Waals surface area (Å²) in [6.07, 6.45) is 0. The monoisotopic (exact) mass is 132 g/mol. The number of hydrogen-bond acceptors (Lipinski definition) is 2. The Morgan fingerprint density at radius 1 is 1.50 bits per heavy atom. The van der Waals surface area contributed by atoms with Crippen LogP contribution in [0.4, 0.5) is 5.69 Å². The van der Waals surface area contributed by atoms with Gasteiger partial charge in [0.05, 0.1) is 11.4 Å². The first kappa shape index (κ1) is 7.13. The molecule has 1 heterocycles. The van der Waals surface area contributed by atoms with Gasteiger partial charge >= 0.3 is 0 Å². The zero-order valence-corrected chi connectivity index (χ0v) is 6.18. The van der Waals surface area contributed by atoms with Crippen molar-refractivity contribution in [1.82, 2.24) is 4.98 Å². The molecule has 1 aromatic rings. The summed E-state index contributed by atoms with van der Waals surface area (Å²) in [7, 11) is 5.46. The topological polar surface area (TPSA) is 38.9 Å². The van der Waals surface area contributed by atoms with Crippen molar-refractivity contribution >= 4 is 19.1 Å². The molecule has 2 radical (unpaired) electrons. The van der Waals surface area contributed by atoms with Gasteiger partial charge in [-0.15, -0.1) is 0 Å². The molecule has 1 rings (SSSR count).